The molecule has 0 bridgehead atoms. The van der Waals surface area contributed by atoms with Gasteiger partial charge >= 0.3 is 0 Å². The Morgan fingerprint density at radius 1 is 1.56 bits per heavy atom. The fourth-order valence-corrected chi connectivity index (χ4v) is 3.12. The molecule has 1 heterocycles. The van der Waals surface area contributed by atoms with Gasteiger partial charge in [0, 0.05) is 30.2 Å². The summed E-state index contributed by atoms with van der Waals surface area (Å²) in [5.74, 6) is 0. The van der Waals surface area contributed by atoms with Crippen LogP contribution in [0.15, 0.2) is 18.5 Å². The van der Waals surface area contributed by atoms with E-state index in [1.807, 2.05) is 17.8 Å². The summed E-state index contributed by atoms with van der Waals surface area (Å²) in [6.45, 7) is 0.854. The first kappa shape index (κ1) is 12.2. The number of thioether (sulfide) groups is 1. The molecule has 0 spiro atoms. The van der Waals surface area contributed by atoms with Crippen molar-refractivity contribution in [1.82, 2.24) is 10.3 Å². The van der Waals surface area contributed by atoms with Crippen molar-refractivity contribution in [2.24, 2.45) is 0 Å². The molecule has 1 N–H and O–H groups in total. The van der Waals surface area contributed by atoms with E-state index in [9.17, 15) is 0 Å². The number of aromatic nitrogens is 1. The van der Waals surface area contributed by atoms with Gasteiger partial charge in [-0.2, -0.15) is 11.8 Å². The second-order valence-electron chi connectivity index (χ2n) is 4.22. The zero-order valence-corrected chi connectivity index (χ0v) is 11.0. The molecule has 0 saturated heterocycles. The largest absolute Gasteiger partial charge is 0.310 e. The number of halogens is 1. The molecule has 4 heteroatoms. The second kappa shape index (κ2) is 5.89. The molecule has 0 radical (unpaired) electrons. The monoisotopic (exact) mass is 256 g/mol. The van der Waals surface area contributed by atoms with Crippen LogP contribution in [-0.2, 0) is 6.54 Å². The molecule has 2 atom stereocenters. The number of hydrogen-bond acceptors (Lipinski definition) is 3. The third kappa shape index (κ3) is 3.12. The highest BCUT2D eigenvalue weighted by Gasteiger charge is 2.23. The van der Waals surface area contributed by atoms with Crippen molar-refractivity contribution in [3.05, 3.63) is 29.0 Å². The fourth-order valence-electron chi connectivity index (χ4n) is 2.14. The van der Waals surface area contributed by atoms with E-state index in [2.05, 4.69) is 16.6 Å². The molecular formula is C12H17ClN2S. The summed E-state index contributed by atoms with van der Waals surface area (Å²) in [5.41, 5.74) is 1.14. The van der Waals surface area contributed by atoms with Crippen LogP contribution < -0.4 is 5.32 Å². The predicted octanol–water partition coefficient (Wildman–Crippen LogP) is 3.11. The SMILES string of the molecule is CSC1CCC(NCc2ccncc2Cl)C1. The van der Waals surface area contributed by atoms with Gasteiger partial charge in [0.25, 0.3) is 0 Å². The molecule has 88 valence electrons. The first-order chi connectivity index (χ1) is 7.79. The smallest absolute Gasteiger partial charge is 0.0634 e. The Morgan fingerprint density at radius 3 is 3.12 bits per heavy atom. The molecule has 2 unspecified atom stereocenters. The van der Waals surface area contributed by atoms with Gasteiger partial charge in [-0.3, -0.25) is 4.98 Å². The Hall–Kier alpha value is -0.250. The van der Waals surface area contributed by atoms with E-state index in [-0.39, 0.29) is 0 Å². The van der Waals surface area contributed by atoms with E-state index >= 15 is 0 Å². The Bertz CT molecular complexity index is 346. The number of hydrogen-bond donors (Lipinski definition) is 1. The van der Waals surface area contributed by atoms with Gasteiger partial charge in [-0.1, -0.05) is 11.6 Å². The van der Waals surface area contributed by atoms with Gasteiger partial charge in [0.2, 0.25) is 0 Å². The van der Waals surface area contributed by atoms with Crippen molar-refractivity contribution in [2.45, 2.75) is 37.1 Å². The van der Waals surface area contributed by atoms with Crippen molar-refractivity contribution in [1.29, 1.82) is 0 Å². The minimum Gasteiger partial charge on any atom is -0.310 e. The van der Waals surface area contributed by atoms with Crippen LogP contribution in [0.4, 0.5) is 0 Å². The molecule has 16 heavy (non-hydrogen) atoms. The molecule has 1 aromatic heterocycles. The fraction of sp³-hybridized carbons (Fsp3) is 0.583. The number of nitrogens with one attached hydrogen (secondary N) is 1. The highest BCUT2D eigenvalue weighted by Crippen LogP contribution is 2.28. The van der Waals surface area contributed by atoms with Crippen LogP contribution in [-0.4, -0.2) is 22.5 Å². The lowest BCUT2D eigenvalue weighted by atomic mass is 10.2. The summed E-state index contributed by atoms with van der Waals surface area (Å²) < 4.78 is 0. The summed E-state index contributed by atoms with van der Waals surface area (Å²) in [6.07, 6.45) is 9.61. The van der Waals surface area contributed by atoms with Crippen molar-refractivity contribution in [2.75, 3.05) is 6.26 Å². The average Bonchev–Trinajstić information content (AvgIpc) is 2.76. The molecular weight excluding hydrogens is 240 g/mol. The van der Waals surface area contributed by atoms with Gasteiger partial charge < -0.3 is 5.32 Å². The van der Waals surface area contributed by atoms with Crippen LogP contribution in [0.3, 0.4) is 0 Å². The van der Waals surface area contributed by atoms with E-state index < -0.39 is 0 Å². The lowest BCUT2D eigenvalue weighted by Gasteiger charge is -2.13. The molecule has 1 fully saturated rings. The standard InChI is InChI=1S/C12H17ClN2S/c1-16-11-3-2-10(6-11)15-7-9-4-5-14-8-12(9)13/h4-5,8,10-11,15H,2-3,6-7H2,1H3. The third-order valence-electron chi connectivity index (χ3n) is 3.16. The summed E-state index contributed by atoms with van der Waals surface area (Å²) in [4.78, 5) is 3.99. The van der Waals surface area contributed by atoms with Gasteiger partial charge in [-0.25, -0.2) is 0 Å². The first-order valence-electron chi connectivity index (χ1n) is 5.64. The van der Waals surface area contributed by atoms with E-state index in [1.54, 1.807) is 12.4 Å². The number of pyridine rings is 1. The van der Waals surface area contributed by atoms with Crippen molar-refractivity contribution >= 4 is 23.4 Å². The Labute approximate surface area is 106 Å². The van der Waals surface area contributed by atoms with Crippen molar-refractivity contribution in [3.63, 3.8) is 0 Å². The van der Waals surface area contributed by atoms with E-state index in [0.717, 1.165) is 22.4 Å². The lowest BCUT2D eigenvalue weighted by Crippen LogP contribution is -2.26. The summed E-state index contributed by atoms with van der Waals surface area (Å²) >= 11 is 8.04. The Morgan fingerprint density at radius 2 is 2.44 bits per heavy atom. The molecule has 1 aromatic rings. The van der Waals surface area contributed by atoms with Crippen LogP contribution >= 0.6 is 23.4 Å². The first-order valence-corrected chi connectivity index (χ1v) is 7.30. The summed E-state index contributed by atoms with van der Waals surface area (Å²) in [5, 5.41) is 5.17. The maximum absolute atomic E-state index is 6.06. The second-order valence-corrected chi connectivity index (χ2v) is 5.76. The van der Waals surface area contributed by atoms with Gasteiger partial charge in [0.05, 0.1) is 5.02 Å². The molecule has 1 aliphatic rings. The zero-order chi connectivity index (χ0) is 11.4. The molecule has 0 aliphatic heterocycles. The molecule has 1 saturated carbocycles. The summed E-state index contributed by atoms with van der Waals surface area (Å²) in [7, 11) is 0. The number of rotatable bonds is 4. The van der Waals surface area contributed by atoms with Crippen molar-refractivity contribution in [3.8, 4) is 0 Å². The lowest BCUT2D eigenvalue weighted by molar-refractivity contribution is 0.525. The molecule has 1 aliphatic carbocycles. The highest BCUT2D eigenvalue weighted by atomic mass is 35.5. The summed E-state index contributed by atoms with van der Waals surface area (Å²) in [6, 6.07) is 2.64. The van der Waals surface area contributed by atoms with Crippen LogP contribution in [0.2, 0.25) is 5.02 Å². The third-order valence-corrected chi connectivity index (χ3v) is 4.59. The number of nitrogens with zero attached hydrogens (tertiary/aromatic N) is 1. The van der Waals surface area contributed by atoms with Crippen LogP contribution in [0, 0.1) is 0 Å². The molecule has 2 nitrogen and oxygen atoms in total. The highest BCUT2D eigenvalue weighted by molar-refractivity contribution is 7.99. The van der Waals surface area contributed by atoms with Gasteiger partial charge in [-0.15, -0.1) is 0 Å². The van der Waals surface area contributed by atoms with Gasteiger partial charge in [0.15, 0.2) is 0 Å². The Balaban J connectivity index is 1.82. The zero-order valence-electron chi connectivity index (χ0n) is 9.45. The Kier molecular flexibility index (Phi) is 4.50. The maximum Gasteiger partial charge on any atom is 0.0634 e. The quantitative estimate of drug-likeness (QED) is 0.896. The molecule has 2 rings (SSSR count). The molecule has 0 aromatic carbocycles. The topological polar surface area (TPSA) is 24.9 Å². The van der Waals surface area contributed by atoms with Gasteiger partial charge in [-0.05, 0) is 37.1 Å². The van der Waals surface area contributed by atoms with E-state index in [4.69, 9.17) is 11.6 Å². The predicted molar refractivity (Wildman–Crippen MR) is 71.0 cm³/mol. The minimum absolute atomic E-state index is 0.654. The van der Waals surface area contributed by atoms with Gasteiger partial charge in [0.1, 0.15) is 0 Å². The van der Waals surface area contributed by atoms with E-state index in [1.165, 1.54) is 19.3 Å². The normalized spacial score (nSPS) is 24.9. The van der Waals surface area contributed by atoms with Crippen LogP contribution in [0.5, 0.6) is 0 Å². The van der Waals surface area contributed by atoms with Crippen LogP contribution in [0.25, 0.3) is 0 Å². The average molecular weight is 257 g/mol. The van der Waals surface area contributed by atoms with Crippen LogP contribution in [0.1, 0.15) is 24.8 Å². The maximum atomic E-state index is 6.06. The minimum atomic E-state index is 0.654. The van der Waals surface area contributed by atoms with Crippen molar-refractivity contribution < 1.29 is 0 Å². The molecule has 0 amide bonds. The van der Waals surface area contributed by atoms with E-state index in [0.29, 0.717) is 6.04 Å².